The molecule has 1 aliphatic rings. The van der Waals surface area contributed by atoms with Gasteiger partial charge in [-0.15, -0.1) is 0 Å². The number of rotatable bonds is 7. The van der Waals surface area contributed by atoms with Crippen LogP contribution in [-0.4, -0.2) is 25.9 Å². The number of pyridine rings is 1. The fourth-order valence-corrected chi connectivity index (χ4v) is 3.65. The Kier molecular flexibility index (Phi) is 5.60. The maximum Gasteiger partial charge on any atom is 0.353 e. The Balaban J connectivity index is 1.77. The molecule has 0 atom stereocenters. The zero-order valence-electron chi connectivity index (χ0n) is 15.9. The van der Waals surface area contributed by atoms with E-state index in [1.807, 2.05) is 48.5 Å². The number of hydrogen-bond acceptors (Lipinski definition) is 7. The molecule has 0 spiro atoms. The van der Waals surface area contributed by atoms with E-state index >= 15 is 0 Å². The van der Waals surface area contributed by atoms with Crippen LogP contribution in [0, 0.1) is 10.1 Å². The maximum atomic E-state index is 12.0. The lowest BCUT2D eigenvalue weighted by Crippen LogP contribution is -2.22. The maximum absolute atomic E-state index is 12.0. The predicted molar refractivity (Wildman–Crippen MR) is 111 cm³/mol. The van der Waals surface area contributed by atoms with Gasteiger partial charge in [0.05, 0.1) is 11.5 Å². The van der Waals surface area contributed by atoms with Crippen molar-refractivity contribution < 1.29 is 4.92 Å². The van der Waals surface area contributed by atoms with E-state index in [-0.39, 0.29) is 23.4 Å². The minimum Gasteiger partial charge on any atom is -0.361 e. The van der Waals surface area contributed by atoms with E-state index in [1.165, 1.54) is 6.33 Å². The average molecular weight is 390 g/mol. The summed E-state index contributed by atoms with van der Waals surface area (Å²) in [5.41, 5.74) is 0.873. The van der Waals surface area contributed by atoms with Crippen molar-refractivity contribution in [3.63, 3.8) is 0 Å². The highest BCUT2D eigenvalue weighted by molar-refractivity contribution is 5.74. The number of nitrogens with zero attached hydrogens (tertiary/aromatic N) is 5. The van der Waals surface area contributed by atoms with Gasteiger partial charge in [0.1, 0.15) is 12.1 Å². The van der Waals surface area contributed by atoms with Crippen molar-refractivity contribution in [2.45, 2.75) is 38.3 Å². The summed E-state index contributed by atoms with van der Waals surface area (Å²) in [5, 5.41) is 15.3. The third-order valence-electron chi connectivity index (χ3n) is 5.05. The predicted octanol–water partition coefficient (Wildman–Crippen LogP) is 4.47. The van der Waals surface area contributed by atoms with Crippen LogP contribution in [0.25, 0.3) is 0 Å². The van der Waals surface area contributed by atoms with Gasteiger partial charge in [0, 0.05) is 12.2 Å². The fourth-order valence-electron chi connectivity index (χ4n) is 3.65. The first-order chi connectivity index (χ1) is 14.2. The van der Waals surface area contributed by atoms with Crippen molar-refractivity contribution in [3.05, 3.63) is 76.7 Å². The fraction of sp³-hybridized carbons (Fsp3) is 0.286. The number of nitrogens with one attached hydrogen (secondary N) is 1. The van der Waals surface area contributed by atoms with Crippen molar-refractivity contribution >= 4 is 23.1 Å². The van der Waals surface area contributed by atoms with Gasteiger partial charge in [-0.25, -0.2) is 15.0 Å². The number of nitro groups is 1. The van der Waals surface area contributed by atoms with E-state index in [0.717, 1.165) is 31.2 Å². The molecular formula is C21H22N6O2. The van der Waals surface area contributed by atoms with Gasteiger partial charge >= 0.3 is 5.69 Å². The molecule has 3 aromatic rings. The van der Waals surface area contributed by atoms with E-state index in [0.29, 0.717) is 12.4 Å². The van der Waals surface area contributed by atoms with Gasteiger partial charge in [-0.1, -0.05) is 49.2 Å². The molecule has 0 amide bonds. The van der Waals surface area contributed by atoms with E-state index in [4.69, 9.17) is 0 Å². The second kappa shape index (κ2) is 8.64. The largest absolute Gasteiger partial charge is 0.361 e. The van der Waals surface area contributed by atoms with E-state index in [1.54, 1.807) is 11.1 Å². The molecule has 2 aromatic heterocycles. The zero-order chi connectivity index (χ0) is 20.1. The molecule has 1 aromatic carbocycles. The molecule has 1 aliphatic carbocycles. The molecule has 2 heterocycles. The Hall–Kier alpha value is -3.55. The van der Waals surface area contributed by atoms with Crippen LogP contribution in [0.5, 0.6) is 0 Å². The summed E-state index contributed by atoms with van der Waals surface area (Å²) in [4.78, 5) is 26.3. The molecule has 4 rings (SSSR count). The zero-order valence-corrected chi connectivity index (χ0v) is 15.9. The minimum absolute atomic E-state index is 0.124. The quantitative estimate of drug-likeness (QED) is 0.469. The first-order valence-corrected chi connectivity index (χ1v) is 9.71. The molecule has 8 heteroatoms. The second-order valence-corrected chi connectivity index (χ2v) is 7.04. The summed E-state index contributed by atoms with van der Waals surface area (Å²) in [6.45, 7) is 0.401. The molecule has 8 nitrogen and oxygen atoms in total. The van der Waals surface area contributed by atoms with Gasteiger partial charge in [-0.2, -0.15) is 0 Å². The summed E-state index contributed by atoms with van der Waals surface area (Å²) >= 11 is 0. The Bertz CT molecular complexity index is 961. The third-order valence-corrected chi connectivity index (χ3v) is 5.05. The lowest BCUT2D eigenvalue weighted by Gasteiger charge is -2.23. The molecule has 1 saturated carbocycles. The van der Waals surface area contributed by atoms with Crippen LogP contribution in [0.4, 0.5) is 23.1 Å². The molecule has 1 fully saturated rings. The standard InChI is InChI=1S/C21H22N6O2/c28-27(29)19-20(25-17-10-4-5-11-17)23-15-24-21(19)26(18-12-6-7-13-22-18)14-16-8-2-1-3-9-16/h1-3,6-9,12-13,15,17H,4-5,10-11,14H2,(H,23,24,25). The average Bonchev–Trinajstić information content (AvgIpc) is 3.26. The summed E-state index contributed by atoms with van der Waals surface area (Å²) in [5.74, 6) is 1.08. The van der Waals surface area contributed by atoms with E-state index in [9.17, 15) is 10.1 Å². The van der Waals surface area contributed by atoms with Crippen LogP contribution < -0.4 is 10.2 Å². The van der Waals surface area contributed by atoms with Crippen LogP contribution >= 0.6 is 0 Å². The highest BCUT2D eigenvalue weighted by Crippen LogP contribution is 2.37. The highest BCUT2D eigenvalue weighted by atomic mass is 16.6. The second-order valence-electron chi connectivity index (χ2n) is 7.04. The summed E-state index contributed by atoms with van der Waals surface area (Å²) < 4.78 is 0. The van der Waals surface area contributed by atoms with Gasteiger partial charge in [0.2, 0.25) is 11.6 Å². The Morgan fingerprint density at radius 3 is 2.48 bits per heavy atom. The molecule has 0 radical (unpaired) electrons. The molecule has 29 heavy (non-hydrogen) atoms. The van der Waals surface area contributed by atoms with Gasteiger partial charge in [0.15, 0.2) is 0 Å². The van der Waals surface area contributed by atoms with Crippen molar-refractivity contribution in [1.29, 1.82) is 0 Å². The van der Waals surface area contributed by atoms with Gasteiger partial charge in [-0.05, 0) is 30.5 Å². The van der Waals surface area contributed by atoms with Crippen LogP contribution in [0.2, 0.25) is 0 Å². The molecular weight excluding hydrogens is 368 g/mol. The Labute approximate surface area is 168 Å². The summed E-state index contributed by atoms with van der Waals surface area (Å²) in [6, 6.07) is 15.4. The van der Waals surface area contributed by atoms with Crippen LogP contribution in [0.15, 0.2) is 61.1 Å². The van der Waals surface area contributed by atoms with Crippen LogP contribution in [-0.2, 0) is 6.54 Å². The third kappa shape index (κ3) is 4.31. The number of aromatic nitrogens is 3. The Morgan fingerprint density at radius 2 is 1.79 bits per heavy atom. The van der Waals surface area contributed by atoms with Gasteiger partial charge in [0.25, 0.3) is 0 Å². The number of hydrogen-bond donors (Lipinski definition) is 1. The molecule has 0 unspecified atom stereocenters. The first kappa shape index (κ1) is 18.8. The summed E-state index contributed by atoms with van der Waals surface area (Å²) in [6.07, 6.45) is 7.27. The topological polar surface area (TPSA) is 97.1 Å². The van der Waals surface area contributed by atoms with Crippen molar-refractivity contribution in [3.8, 4) is 0 Å². The Morgan fingerprint density at radius 1 is 1.03 bits per heavy atom. The monoisotopic (exact) mass is 390 g/mol. The SMILES string of the molecule is O=[N+]([O-])c1c(NC2CCCC2)ncnc1N(Cc1ccccc1)c1ccccn1. The molecule has 0 saturated heterocycles. The molecule has 1 N–H and O–H groups in total. The highest BCUT2D eigenvalue weighted by Gasteiger charge is 2.30. The van der Waals surface area contributed by atoms with Crippen molar-refractivity contribution in [2.24, 2.45) is 0 Å². The molecule has 0 bridgehead atoms. The minimum atomic E-state index is -0.409. The van der Waals surface area contributed by atoms with Crippen molar-refractivity contribution in [2.75, 3.05) is 10.2 Å². The number of benzene rings is 1. The molecule has 148 valence electrons. The van der Waals surface area contributed by atoms with Gasteiger partial charge in [-0.3, -0.25) is 10.1 Å². The summed E-state index contributed by atoms with van der Waals surface area (Å²) in [7, 11) is 0. The normalized spacial score (nSPS) is 13.9. The van der Waals surface area contributed by atoms with E-state index in [2.05, 4.69) is 20.3 Å². The number of anilines is 3. The van der Waals surface area contributed by atoms with Gasteiger partial charge < -0.3 is 10.2 Å². The molecule has 0 aliphatic heterocycles. The van der Waals surface area contributed by atoms with Crippen LogP contribution in [0.1, 0.15) is 31.2 Å². The van der Waals surface area contributed by atoms with Crippen LogP contribution in [0.3, 0.4) is 0 Å². The van der Waals surface area contributed by atoms with E-state index < -0.39 is 4.92 Å². The first-order valence-electron chi connectivity index (χ1n) is 9.71. The lowest BCUT2D eigenvalue weighted by molar-refractivity contribution is -0.383. The smallest absolute Gasteiger partial charge is 0.353 e. The lowest BCUT2D eigenvalue weighted by atomic mass is 10.2. The van der Waals surface area contributed by atoms with Crippen molar-refractivity contribution in [1.82, 2.24) is 15.0 Å².